The van der Waals surface area contributed by atoms with Crippen LogP contribution < -0.4 is 10.2 Å². The van der Waals surface area contributed by atoms with E-state index in [2.05, 4.69) is 43.4 Å². The van der Waals surface area contributed by atoms with Gasteiger partial charge in [0.15, 0.2) is 0 Å². The molecule has 0 unspecified atom stereocenters. The third-order valence-electron chi connectivity index (χ3n) is 3.33. The first-order valence-corrected chi connectivity index (χ1v) is 7.76. The predicted octanol–water partition coefficient (Wildman–Crippen LogP) is 5.19. The number of nitrogens with one attached hydrogen (secondary N) is 1. The molecule has 0 saturated carbocycles. The highest BCUT2D eigenvalue weighted by molar-refractivity contribution is 6.32. The molecule has 2 rings (SSSR count). The van der Waals surface area contributed by atoms with Gasteiger partial charge < -0.3 is 4.74 Å². The molecule has 2 aromatic carbocycles. The van der Waals surface area contributed by atoms with Crippen molar-refractivity contribution in [2.24, 2.45) is 5.10 Å². The van der Waals surface area contributed by atoms with Crippen LogP contribution in [0.15, 0.2) is 41.5 Å². The molecule has 0 aliphatic carbocycles. The Hall–Kier alpha value is -2.00. The third-order valence-corrected chi connectivity index (χ3v) is 3.63. The zero-order valence-corrected chi connectivity index (χ0v) is 13.9. The van der Waals surface area contributed by atoms with E-state index >= 15 is 0 Å². The summed E-state index contributed by atoms with van der Waals surface area (Å²) in [5.41, 5.74) is 7.42. The van der Waals surface area contributed by atoms with Crippen LogP contribution in [0.3, 0.4) is 0 Å². The zero-order chi connectivity index (χ0) is 15.9. The Labute approximate surface area is 137 Å². The first-order chi connectivity index (χ1) is 10.6. The highest BCUT2D eigenvalue weighted by Crippen LogP contribution is 2.25. The Kier molecular flexibility index (Phi) is 5.84. The van der Waals surface area contributed by atoms with Crippen LogP contribution in [0.2, 0.25) is 5.02 Å². The van der Waals surface area contributed by atoms with Gasteiger partial charge in [0.1, 0.15) is 5.75 Å². The minimum absolute atomic E-state index is 0.601. The third kappa shape index (κ3) is 4.50. The minimum Gasteiger partial charge on any atom is -0.492 e. The molecule has 0 aromatic heterocycles. The normalized spacial score (nSPS) is 10.9. The maximum atomic E-state index is 6.19. The number of benzene rings is 2. The molecule has 0 atom stereocenters. The van der Waals surface area contributed by atoms with Gasteiger partial charge in [-0.2, -0.15) is 5.10 Å². The smallest absolute Gasteiger partial charge is 0.137 e. The fraction of sp³-hybridized carbons (Fsp3) is 0.278. The van der Waals surface area contributed by atoms with Crippen molar-refractivity contribution in [2.75, 3.05) is 12.0 Å². The lowest BCUT2D eigenvalue weighted by Gasteiger charge is -2.07. The average Bonchev–Trinajstić information content (AvgIpc) is 2.50. The first-order valence-electron chi connectivity index (χ1n) is 7.39. The molecule has 116 valence electrons. The average molecular weight is 317 g/mol. The van der Waals surface area contributed by atoms with E-state index in [9.17, 15) is 0 Å². The monoisotopic (exact) mass is 316 g/mol. The van der Waals surface area contributed by atoms with E-state index in [1.165, 1.54) is 11.1 Å². The number of ether oxygens (including phenoxy) is 1. The first kappa shape index (κ1) is 16.4. The van der Waals surface area contributed by atoms with Gasteiger partial charge in [-0.15, -0.1) is 0 Å². The van der Waals surface area contributed by atoms with Crippen LogP contribution >= 0.6 is 11.6 Å². The van der Waals surface area contributed by atoms with Crippen LogP contribution in [0, 0.1) is 13.8 Å². The summed E-state index contributed by atoms with van der Waals surface area (Å²) in [6.07, 6.45) is 2.70. The number of rotatable bonds is 6. The predicted molar refractivity (Wildman–Crippen MR) is 94.4 cm³/mol. The van der Waals surface area contributed by atoms with Crippen LogP contribution in [0.25, 0.3) is 0 Å². The molecule has 0 fully saturated rings. The van der Waals surface area contributed by atoms with E-state index in [0.717, 1.165) is 17.7 Å². The van der Waals surface area contributed by atoms with E-state index in [0.29, 0.717) is 17.4 Å². The Morgan fingerprint density at radius 1 is 1.14 bits per heavy atom. The van der Waals surface area contributed by atoms with Gasteiger partial charge in [-0.3, -0.25) is 5.43 Å². The van der Waals surface area contributed by atoms with Gasteiger partial charge in [-0.25, -0.2) is 0 Å². The number of nitrogens with zero attached hydrogens (tertiary/aromatic N) is 1. The Morgan fingerprint density at radius 2 is 1.95 bits per heavy atom. The van der Waals surface area contributed by atoms with Gasteiger partial charge in [-0.1, -0.05) is 24.6 Å². The number of hydrogen-bond donors (Lipinski definition) is 1. The lowest BCUT2D eigenvalue weighted by molar-refractivity contribution is 0.317. The second-order valence-electron chi connectivity index (χ2n) is 5.21. The molecule has 0 bridgehead atoms. The van der Waals surface area contributed by atoms with Gasteiger partial charge in [0.05, 0.1) is 23.5 Å². The van der Waals surface area contributed by atoms with Crippen molar-refractivity contribution in [3.8, 4) is 5.75 Å². The van der Waals surface area contributed by atoms with Crippen molar-refractivity contribution in [1.29, 1.82) is 0 Å². The molecule has 0 amide bonds. The van der Waals surface area contributed by atoms with E-state index in [4.69, 9.17) is 16.3 Å². The Morgan fingerprint density at radius 3 is 2.64 bits per heavy atom. The van der Waals surface area contributed by atoms with Crippen LogP contribution in [-0.4, -0.2) is 12.8 Å². The second kappa shape index (κ2) is 7.85. The van der Waals surface area contributed by atoms with Crippen molar-refractivity contribution in [3.05, 3.63) is 58.1 Å². The molecule has 0 radical (unpaired) electrons. The second-order valence-corrected chi connectivity index (χ2v) is 5.61. The van der Waals surface area contributed by atoms with Crippen molar-refractivity contribution in [2.45, 2.75) is 27.2 Å². The van der Waals surface area contributed by atoms with Crippen molar-refractivity contribution < 1.29 is 4.74 Å². The summed E-state index contributed by atoms with van der Waals surface area (Å²) in [5.74, 6) is 0.711. The Balaban J connectivity index is 2.00. The number of anilines is 1. The van der Waals surface area contributed by atoms with Crippen LogP contribution in [0.4, 0.5) is 5.69 Å². The van der Waals surface area contributed by atoms with E-state index in [1.807, 2.05) is 24.3 Å². The molecule has 0 heterocycles. The number of halogens is 1. The molecule has 4 heteroatoms. The fourth-order valence-corrected chi connectivity index (χ4v) is 2.16. The molecular formula is C18H21ClN2O. The van der Waals surface area contributed by atoms with Crippen molar-refractivity contribution in [1.82, 2.24) is 0 Å². The summed E-state index contributed by atoms with van der Waals surface area (Å²) < 4.78 is 5.55. The fourth-order valence-electron chi connectivity index (χ4n) is 1.92. The summed E-state index contributed by atoms with van der Waals surface area (Å²) in [6, 6.07) is 11.8. The standard InChI is InChI=1S/C18H21ClN2O/c1-4-9-22-18-8-6-15(11-17(18)19)12-20-21-16-7-5-13(2)14(3)10-16/h5-8,10-12,21H,4,9H2,1-3H3/b20-12+. The molecule has 1 N–H and O–H groups in total. The summed E-state index contributed by atoms with van der Waals surface area (Å²) in [5, 5.41) is 4.84. The zero-order valence-electron chi connectivity index (χ0n) is 13.2. The van der Waals surface area contributed by atoms with Crippen molar-refractivity contribution >= 4 is 23.5 Å². The SMILES string of the molecule is CCCOc1ccc(/C=N/Nc2ccc(C)c(C)c2)cc1Cl. The molecule has 0 saturated heterocycles. The summed E-state index contributed by atoms with van der Waals surface area (Å²) in [7, 11) is 0. The van der Waals surface area contributed by atoms with Crippen molar-refractivity contribution in [3.63, 3.8) is 0 Å². The van der Waals surface area contributed by atoms with Crippen LogP contribution in [0.1, 0.15) is 30.0 Å². The maximum Gasteiger partial charge on any atom is 0.137 e. The van der Waals surface area contributed by atoms with Crippen LogP contribution in [0.5, 0.6) is 5.75 Å². The Bertz CT molecular complexity index is 668. The van der Waals surface area contributed by atoms with E-state index < -0.39 is 0 Å². The lowest BCUT2D eigenvalue weighted by Crippen LogP contribution is -1.96. The molecular weight excluding hydrogens is 296 g/mol. The van der Waals surface area contributed by atoms with Gasteiger partial charge in [0.2, 0.25) is 0 Å². The number of hydrazone groups is 1. The van der Waals surface area contributed by atoms with E-state index in [1.54, 1.807) is 6.21 Å². The molecule has 22 heavy (non-hydrogen) atoms. The quantitative estimate of drug-likeness (QED) is 0.587. The number of aryl methyl sites for hydroxylation is 2. The van der Waals surface area contributed by atoms with Gasteiger partial charge in [0.25, 0.3) is 0 Å². The summed E-state index contributed by atoms with van der Waals surface area (Å²) >= 11 is 6.19. The van der Waals surface area contributed by atoms with Gasteiger partial charge in [-0.05, 0) is 67.3 Å². The summed E-state index contributed by atoms with van der Waals surface area (Å²) in [4.78, 5) is 0. The molecule has 0 aliphatic rings. The van der Waals surface area contributed by atoms with Crippen LogP contribution in [-0.2, 0) is 0 Å². The lowest BCUT2D eigenvalue weighted by atomic mass is 10.1. The molecule has 0 spiro atoms. The molecule has 0 aliphatic heterocycles. The van der Waals surface area contributed by atoms with Gasteiger partial charge >= 0.3 is 0 Å². The molecule has 2 aromatic rings. The highest BCUT2D eigenvalue weighted by Gasteiger charge is 2.01. The maximum absolute atomic E-state index is 6.19. The summed E-state index contributed by atoms with van der Waals surface area (Å²) in [6.45, 7) is 6.90. The van der Waals surface area contributed by atoms with E-state index in [-0.39, 0.29) is 0 Å². The molecule has 3 nitrogen and oxygen atoms in total. The largest absolute Gasteiger partial charge is 0.492 e. The number of hydrogen-bond acceptors (Lipinski definition) is 3. The highest BCUT2D eigenvalue weighted by atomic mass is 35.5. The van der Waals surface area contributed by atoms with Gasteiger partial charge in [0, 0.05) is 0 Å². The topological polar surface area (TPSA) is 33.6 Å². The minimum atomic E-state index is 0.601.